The Morgan fingerprint density at radius 3 is 2.33 bits per heavy atom. The standard InChI is InChI=1S/C19H23O10P/c1-23-17(20)10-14-15(29-30(22,25-3)26-4)11-18(24-2)28-16(14)12-27-19(21)13-8-6-5-7-9-13/h5-11,16,18H,12H2,1-4H3/b14-10-/t16-,18+/m1/s1. The van der Waals surface area contributed by atoms with E-state index in [0.717, 1.165) is 20.3 Å². The minimum absolute atomic E-state index is 0.0636. The first-order valence-corrected chi connectivity index (χ1v) is 10.1. The van der Waals surface area contributed by atoms with Gasteiger partial charge in [-0.05, 0) is 12.1 Å². The van der Waals surface area contributed by atoms with E-state index in [1.165, 1.54) is 20.3 Å². The number of carbonyl (C=O) groups is 2. The van der Waals surface area contributed by atoms with Crippen LogP contribution >= 0.6 is 7.82 Å². The third-order valence-corrected chi connectivity index (χ3v) is 5.27. The van der Waals surface area contributed by atoms with Crippen molar-refractivity contribution in [1.82, 2.24) is 0 Å². The summed E-state index contributed by atoms with van der Waals surface area (Å²) in [6.45, 7) is -0.290. The normalized spacial score (nSPS) is 20.4. The van der Waals surface area contributed by atoms with E-state index in [4.69, 9.17) is 27.8 Å². The van der Waals surface area contributed by atoms with Gasteiger partial charge >= 0.3 is 19.8 Å². The highest BCUT2D eigenvalue weighted by Crippen LogP contribution is 2.51. The van der Waals surface area contributed by atoms with Crippen molar-refractivity contribution in [2.24, 2.45) is 0 Å². The van der Waals surface area contributed by atoms with Gasteiger partial charge < -0.3 is 23.5 Å². The summed E-state index contributed by atoms with van der Waals surface area (Å²) in [5.74, 6) is -1.39. The summed E-state index contributed by atoms with van der Waals surface area (Å²) in [6.07, 6.45) is 0.449. The highest BCUT2D eigenvalue weighted by Gasteiger charge is 2.36. The third-order valence-electron chi connectivity index (χ3n) is 3.96. The van der Waals surface area contributed by atoms with Crippen LogP contribution in [-0.2, 0) is 41.9 Å². The van der Waals surface area contributed by atoms with E-state index in [1.807, 2.05) is 0 Å². The molecule has 2 rings (SSSR count). The van der Waals surface area contributed by atoms with Gasteiger partial charge in [0.05, 0.1) is 12.7 Å². The monoisotopic (exact) mass is 442 g/mol. The zero-order valence-corrected chi connectivity index (χ0v) is 17.8. The summed E-state index contributed by atoms with van der Waals surface area (Å²) in [7, 11) is 0.865. The lowest BCUT2D eigenvalue weighted by molar-refractivity contribution is -0.138. The Hall–Kier alpha value is -2.49. The first kappa shape index (κ1) is 23.8. The molecule has 0 bridgehead atoms. The van der Waals surface area contributed by atoms with Crippen LogP contribution in [0.4, 0.5) is 0 Å². The number of benzene rings is 1. The lowest BCUT2D eigenvalue weighted by Gasteiger charge is -2.31. The third kappa shape index (κ3) is 6.25. The Kier molecular flexibility index (Phi) is 8.76. The summed E-state index contributed by atoms with van der Waals surface area (Å²) in [5.41, 5.74) is 0.440. The first-order chi connectivity index (χ1) is 14.4. The molecule has 1 aliphatic rings. The van der Waals surface area contributed by atoms with Gasteiger partial charge in [-0.25, -0.2) is 14.2 Å². The molecular weight excluding hydrogens is 419 g/mol. The van der Waals surface area contributed by atoms with Crippen molar-refractivity contribution in [3.63, 3.8) is 0 Å². The van der Waals surface area contributed by atoms with E-state index in [9.17, 15) is 14.2 Å². The van der Waals surface area contributed by atoms with Gasteiger partial charge in [-0.1, -0.05) is 18.2 Å². The van der Waals surface area contributed by atoms with Gasteiger partial charge in [0.25, 0.3) is 0 Å². The fourth-order valence-corrected chi connectivity index (χ4v) is 3.12. The van der Waals surface area contributed by atoms with E-state index in [-0.39, 0.29) is 17.9 Å². The van der Waals surface area contributed by atoms with E-state index in [1.54, 1.807) is 30.3 Å². The minimum Gasteiger partial charge on any atom is -0.466 e. The molecule has 0 amide bonds. The highest BCUT2D eigenvalue weighted by atomic mass is 31.2. The second kappa shape index (κ2) is 11.1. The molecule has 1 aromatic rings. The fourth-order valence-electron chi connectivity index (χ4n) is 2.42. The predicted molar refractivity (Wildman–Crippen MR) is 103 cm³/mol. The van der Waals surface area contributed by atoms with Gasteiger partial charge in [-0.3, -0.25) is 9.05 Å². The molecular formula is C19H23O10P. The largest absolute Gasteiger partial charge is 0.529 e. The molecule has 0 saturated heterocycles. The molecule has 2 atom stereocenters. The Morgan fingerprint density at radius 1 is 1.10 bits per heavy atom. The van der Waals surface area contributed by atoms with Crippen LogP contribution in [0, 0.1) is 0 Å². The van der Waals surface area contributed by atoms with Crippen LogP contribution in [-0.4, -0.2) is 59.4 Å². The molecule has 1 heterocycles. The lowest BCUT2D eigenvalue weighted by Crippen LogP contribution is -2.35. The van der Waals surface area contributed by atoms with Crippen molar-refractivity contribution in [2.75, 3.05) is 35.0 Å². The molecule has 0 radical (unpaired) electrons. The van der Waals surface area contributed by atoms with Crippen molar-refractivity contribution in [2.45, 2.75) is 12.4 Å². The number of carbonyl (C=O) groups excluding carboxylic acids is 2. The molecule has 1 aromatic carbocycles. The van der Waals surface area contributed by atoms with Crippen molar-refractivity contribution in [3.8, 4) is 0 Å². The van der Waals surface area contributed by atoms with Crippen LogP contribution in [0.3, 0.4) is 0 Å². The van der Waals surface area contributed by atoms with Crippen LogP contribution in [0.5, 0.6) is 0 Å². The zero-order chi connectivity index (χ0) is 22.1. The average molecular weight is 442 g/mol. The van der Waals surface area contributed by atoms with E-state index >= 15 is 0 Å². The highest BCUT2D eigenvalue weighted by molar-refractivity contribution is 7.48. The molecule has 30 heavy (non-hydrogen) atoms. The number of hydrogen-bond acceptors (Lipinski definition) is 10. The predicted octanol–water partition coefficient (Wildman–Crippen LogP) is 2.62. The number of hydrogen-bond donors (Lipinski definition) is 0. The maximum absolute atomic E-state index is 12.5. The fraction of sp³-hybridized carbons (Fsp3) is 0.368. The molecule has 0 aromatic heterocycles. The quantitative estimate of drug-likeness (QED) is 0.321. The van der Waals surface area contributed by atoms with Gasteiger partial charge in [0.15, 0.2) is 6.29 Å². The summed E-state index contributed by atoms with van der Waals surface area (Å²) in [5, 5.41) is 0. The van der Waals surface area contributed by atoms with Gasteiger partial charge in [-0.15, -0.1) is 0 Å². The topological polar surface area (TPSA) is 116 Å². The van der Waals surface area contributed by atoms with Crippen molar-refractivity contribution >= 4 is 19.8 Å². The van der Waals surface area contributed by atoms with Crippen LogP contribution in [0.15, 0.2) is 53.8 Å². The van der Waals surface area contributed by atoms with Crippen LogP contribution < -0.4 is 0 Å². The molecule has 0 saturated carbocycles. The van der Waals surface area contributed by atoms with Gasteiger partial charge in [-0.2, -0.15) is 0 Å². The van der Waals surface area contributed by atoms with Crippen LogP contribution in [0.2, 0.25) is 0 Å². The summed E-state index contributed by atoms with van der Waals surface area (Å²) in [4.78, 5) is 24.2. The Bertz CT molecular complexity index is 840. The Balaban J connectivity index is 2.31. The molecule has 0 fully saturated rings. The second-order valence-corrected chi connectivity index (χ2v) is 7.56. The van der Waals surface area contributed by atoms with Crippen molar-refractivity contribution < 1.29 is 46.7 Å². The van der Waals surface area contributed by atoms with E-state index in [2.05, 4.69) is 4.74 Å². The summed E-state index contributed by atoms with van der Waals surface area (Å²) >= 11 is 0. The maximum atomic E-state index is 12.5. The number of phosphoric acid groups is 1. The molecule has 10 nitrogen and oxygen atoms in total. The number of phosphoric ester groups is 1. The SMILES string of the molecule is COC(=O)/C=C1/C(OP(=O)(OC)OC)=C[C@@H](OC)O[C@@H]1COC(=O)c1ccccc1. The average Bonchev–Trinajstić information content (AvgIpc) is 2.78. The van der Waals surface area contributed by atoms with Crippen molar-refractivity contribution in [3.05, 3.63) is 59.4 Å². The first-order valence-electron chi connectivity index (χ1n) is 8.69. The number of rotatable bonds is 9. The molecule has 0 N–H and O–H groups in total. The van der Waals surface area contributed by atoms with Gasteiger partial charge in [0, 0.05) is 39.1 Å². The maximum Gasteiger partial charge on any atom is 0.529 e. The smallest absolute Gasteiger partial charge is 0.466 e. The molecule has 0 unspecified atom stereocenters. The van der Waals surface area contributed by atoms with Gasteiger partial charge in [0.1, 0.15) is 18.5 Å². The number of ether oxygens (including phenoxy) is 4. The number of methoxy groups -OCH3 is 2. The molecule has 1 aliphatic heterocycles. The summed E-state index contributed by atoms with van der Waals surface area (Å²) < 4.78 is 48.2. The van der Waals surface area contributed by atoms with Crippen LogP contribution in [0.1, 0.15) is 10.4 Å². The second-order valence-electron chi connectivity index (χ2n) is 5.75. The van der Waals surface area contributed by atoms with Crippen LogP contribution in [0.25, 0.3) is 0 Å². The lowest BCUT2D eigenvalue weighted by atomic mass is 10.0. The van der Waals surface area contributed by atoms with Crippen molar-refractivity contribution in [1.29, 1.82) is 0 Å². The Morgan fingerprint density at radius 2 is 1.77 bits per heavy atom. The van der Waals surface area contributed by atoms with E-state index in [0.29, 0.717) is 5.56 Å². The molecule has 0 aliphatic carbocycles. The van der Waals surface area contributed by atoms with Gasteiger partial charge in [0.2, 0.25) is 0 Å². The minimum atomic E-state index is -3.97. The number of esters is 2. The zero-order valence-electron chi connectivity index (χ0n) is 16.9. The van der Waals surface area contributed by atoms with E-state index < -0.39 is 32.2 Å². The summed E-state index contributed by atoms with van der Waals surface area (Å²) in [6, 6.07) is 8.34. The molecule has 164 valence electrons. The molecule has 0 spiro atoms. The molecule has 11 heteroatoms. The Labute approximate surface area is 173 Å².